The van der Waals surface area contributed by atoms with Gasteiger partial charge >= 0.3 is 0 Å². The highest BCUT2D eigenvalue weighted by molar-refractivity contribution is 7.89. The van der Waals surface area contributed by atoms with Crippen molar-refractivity contribution in [3.05, 3.63) is 16.7 Å². The number of hydrogen-bond acceptors (Lipinski definition) is 5. The molecule has 2 heterocycles. The molecule has 0 fully saturated rings. The smallest absolute Gasteiger partial charge is 0.259 e. The molecule has 0 saturated carbocycles. The first kappa shape index (κ1) is 14.7. The predicted octanol–water partition coefficient (Wildman–Crippen LogP) is 1.75. The normalized spacial score (nSPS) is 12.3. The highest BCUT2D eigenvalue weighted by Gasteiger charge is 2.24. The number of halogens is 1. The van der Waals surface area contributed by atoms with Gasteiger partial charge in [0.15, 0.2) is 15.1 Å². The Kier molecular flexibility index (Phi) is 4.80. The maximum atomic E-state index is 12.2. The lowest BCUT2D eigenvalue weighted by atomic mass is 10.3. The van der Waals surface area contributed by atoms with Crippen molar-refractivity contribution in [3.8, 4) is 0 Å². The molecule has 6 nitrogen and oxygen atoms in total. The van der Waals surface area contributed by atoms with Crippen LogP contribution in [0.15, 0.2) is 16.6 Å². The van der Waals surface area contributed by atoms with E-state index in [4.69, 9.17) is 16.3 Å². The van der Waals surface area contributed by atoms with Crippen molar-refractivity contribution in [2.24, 2.45) is 0 Å². The van der Waals surface area contributed by atoms with Crippen LogP contribution < -0.4 is 4.72 Å². The summed E-state index contributed by atoms with van der Waals surface area (Å²) in [7, 11) is -2.03. The number of imidazole rings is 1. The first-order valence-electron chi connectivity index (χ1n) is 5.66. The molecule has 0 bridgehead atoms. The molecule has 0 aliphatic carbocycles. The number of rotatable bonds is 7. The molecule has 0 amide bonds. The van der Waals surface area contributed by atoms with Crippen molar-refractivity contribution < 1.29 is 13.2 Å². The zero-order valence-electron chi connectivity index (χ0n) is 10.3. The fourth-order valence-electron chi connectivity index (χ4n) is 1.63. The van der Waals surface area contributed by atoms with E-state index < -0.39 is 10.0 Å². The Bertz CT molecular complexity index is 650. The molecule has 0 aromatic carbocycles. The topological polar surface area (TPSA) is 72.7 Å². The Morgan fingerprint density at radius 3 is 3.05 bits per heavy atom. The van der Waals surface area contributed by atoms with Gasteiger partial charge in [0.1, 0.15) is 0 Å². The van der Waals surface area contributed by atoms with E-state index in [9.17, 15) is 8.42 Å². The molecule has 2 aromatic heterocycles. The van der Waals surface area contributed by atoms with Gasteiger partial charge in [0.25, 0.3) is 10.0 Å². The molecule has 2 aromatic rings. The third-order valence-corrected chi connectivity index (χ3v) is 5.12. The second-order valence-corrected chi connectivity index (χ2v) is 6.77. The summed E-state index contributed by atoms with van der Waals surface area (Å²) in [6, 6.07) is 0. The van der Waals surface area contributed by atoms with E-state index in [0.29, 0.717) is 24.5 Å². The van der Waals surface area contributed by atoms with Crippen LogP contribution in [0, 0.1) is 0 Å². The summed E-state index contributed by atoms with van der Waals surface area (Å²) in [6.07, 6.45) is 3.14. The molecule has 19 heavy (non-hydrogen) atoms. The zero-order valence-corrected chi connectivity index (χ0v) is 12.7. The maximum Gasteiger partial charge on any atom is 0.259 e. The molecular weight excluding hydrogens is 310 g/mol. The average Bonchev–Trinajstić information content (AvgIpc) is 2.87. The molecule has 0 radical (unpaired) electrons. The van der Waals surface area contributed by atoms with Gasteiger partial charge in [0.05, 0.1) is 0 Å². The van der Waals surface area contributed by atoms with Crippen LogP contribution in [0.5, 0.6) is 0 Å². The third-order valence-electron chi connectivity index (χ3n) is 2.50. The van der Waals surface area contributed by atoms with Crippen molar-refractivity contribution in [2.75, 3.05) is 20.3 Å². The summed E-state index contributed by atoms with van der Waals surface area (Å²) >= 11 is 7.22. The van der Waals surface area contributed by atoms with E-state index in [1.165, 1.54) is 15.7 Å². The number of thiazole rings is 1. The summed E-state index contributed by atoms with van der Waals surface area (Å²) in [5.74, 6) is 0. The molecular formula is C10H14ClN3O3S2. The van der Waals surface area contributed by atoms with Crippen LogP contribution in [0.25, 0.3) is 4.96 Å². The van der Waals surface area contributed by atoms with Gasteiger partial charge in [0.2, 0.25) is 0 Å². The molecule has 9 heteroatoms. The predicted molar refractivity (Wildman–Crippen MR) is 74.4 cm³/mol. The number of unbranched alkanes of at least 4 members (excludes halogenated alkanes) is 1. The summed E-state index contributed by atoms with van der Waals surface area (Å²) < 4.78 is 33.2. The molecule has 0 atom stereocenters. The minimum atomic E-state index is -3.65. The molecule has 0 aliphatic rings. The van der Waals surface area contributed by atoms with Crippen molar-refractivity contribution in [1.29, 1.82) is 0 Å². The van der Waals surface area contributed by atoms with E-state index in [0.717, 1.165) is 6.42 Å². The average molecular weight is 324 g/mol. The van der Waals surface area contributed by atoms with E-state index in [2.05, 4.69) is 9.71 Å². The molecule has 0 unspecified atom stereocenters. The number of nitrogens with zero attached hydrogens (tertiary/aromatic N) is 2. The van der Waals surface area contributed by atoms with E-state index in [1.54, 1.807) is 18.7 Å². The Morgan fingerprint density at radius 1 is 1.53 bits per heavy atom. The standard InChI is InChI=1S/C10H14ClN3O3S2/c1-17-6-3-2-4-12-19(15,16)9-8(11)13-10-14(9)5-7-18-10/h5,7,12H,2-4,6H2,1H3. The van der Waals surface area contributed by atoms with E-state index in [-0.39, 0.29) is 10.2 Å². The highest BCUT2D eigenvalue weighted by atomic mass is 35.5. The number of methoxy groups -OCH3 is 1. The Labute approximate surface area is 120 Å². The van der Waals surface area contributed by atoms with E-state index >= 15 is 0 Å². The summed E-state index contributed by atoms with van der Waals surface area (Å²) in [4.78, 5) is 4.56. The molecule has 0 aliphatic heterocycles. The first-order valence-corrected chi connectivity index (χ1v) is 8.40. The number of ether oxygens (including phenoxy) is 1. The Hall–Kier alpha value is -0.670. The van der Waals surface area contributed by atoms with Gasteiger partial charge in [0, 0.05) is 31.8 Å². The first-order chi connectivity index (χ1) is 9.06. The van der Waals surface area contributed by atoms with E-state index in [1.807, 2.05) is 0 Å². The number of aromatic nitrogens is 2. The number of nitrogens with one attached hydrogen (secondary N) is 1. The van der Waals surface area contributed by atoms with Gasteiger partial charge in [-0.3, -0.25) is 4.40 Å². The molecule has 0 saturated heterocycles. The quantitative estimate of drug-likeness (QED) is 0.788. The Balaban J connectivity index is 2.11. The molecule has 1 N–H and O–H groups in total. The lowest BCUT2D eigenvalue weighted by molar-refractivity contribution is 0.193. The van der Waals surface area contributed by atoms with Crippen LogP contribution in [0.3, 0.4) is 0 Å². The minimum absolute atomic E-state index is 0.00263. The van der Waals surface area contributed by atoms with Crippen molar-refractivity contribution in [1.82, 2.24) is 14.1 Å². The SMILES string of the molecule is COCCCCNS(=O)(=O)c1c(Cl)nc2sccn12. The molecule has 2 rings (SSSR count). The maximum absolute atomic E-state index is 12.2. The Morgan fingerprint density at radius 2 is 2.32 bits per heavy atom. The fraction of sp³-hybridized carbons (Fsp3) is 0.500. The molecule has 106 valence electrons. The van der Waals surface area contributed by atoms with Gasteiger partial charge in [-0.15, -0.1) is 11.3 Å². The number of sulfonamides is 1. The number of hydrogen-bond donors (Lipinski definition) is 1. The van der Waals surface area contributed by atoms with Gasteiger partial charge in [-0.25, -0.2) is 18.1 Å². The summed E-state index contributed by atoms with van der Waals surface area (Å²) in [5, 5.41) is 1.75. The monoisotopic (exact) mass is 323 g/mol. The zero-order chi connectivity index (χ0) is 13.9. The highest BCUT2D eigenvalue weighted by Crippen LogP contribution is 2.25. The summed E-state index contributed by atoms with van der Waals surface area (Å²) in [6.45, 7) is 0.962. The van der Waals surface area contributed by atoms with Crippen LogP contribution in [0.2, 0.25) is 5.15 Å². The second-order valence-electron chi connectivity index (χ2n) is 3.86. The van der Waals surface area contributed by atoms with Gasteiger partial charge < -0.3 is 4.74 Å². The lowest BCUT2D eigenvalue weighted by Crippen LogP contribution is -2.26. The van der Waals surface area contributed by atoms with Crippen LogP contribution in [-0.2, 0) is 14.8 Å². The third kappa shape index (κ3) is 3.26. The van der Waals surface area contributed by atoms with Crippen molar-refractivity contribution in [3.63, 3.8) is 0 Å². The van der Waals surface area contributed by atoms with Gasteiger partial charge in [-0.2, -0.15) is 0 Å². The van der Waals surface area contributed by atoms with Gasteiger partial charge in [-0.05, 0) is 12.8 Å². The number of fused-ring (bicyclic) bond motifs is 1. The molecule has 0 spiro atoms. The van der Waals surface area contributed by atoms with Crippen molar-refractivity contribution in [2.45, 2.75) is 17.9 Å². The van der Waals surface area contributed by atoms with Gasteiger partial charge in [-0.1, -0.05) is 11.6 Å². The van der Waals surface area contributed by atoms with Crippen LogP contribution >= 0.6 is 22.9 Å². The minimum Gasteiger partial charge on any atom is -0.385 e. The second kappa shape index (κ2) is 6.19. The van der Waals surface area contributed by atoms with Crippen molar-refractivity contribution >= 4 is 37.9 Å². The van der Waals surface area contributed by atoms with Crippen LogP contribution in [-0.4, -0.2) is 38.1 Å². The van der Waals surface area contributed by atoms with Crippen LogP contribution in [0.4, 0.5) is 0 Å². The fourth-order valence-corrected chi connectivity index (χ4v) is 4.15. The van der Waals surface area contributed by atoms with Crippen LogP contribution in [0.1, 0.15) is 12.8 Å². The largest absolute Gasteiger partial charge is 0.385 e. The summed E-state index contributed by atoms with van der Waals surface area (Å²) in [5.41, 5.74) is 0. The lowest BCUT2D eigenvalue weighted by Gasteiger charge is -2.05.